The number of fused-ring (bicyclic) bond motifs is 5. The Balaban J connectivity index is 0.868. The second-order valence-corrected chi connectivity index (χ2v) is 28.2. The van der Waals surface area contributed by atoms with E-state index in [2.05, 4.69) is 38.0 Å². The zero-order valence-corrected chi connectivity index (χ0v) is 49.4. The summed E-state index contributed by atoms with van der Waals surface area (Å²) < 4.78 is 133. The Bertz CT molecular complexity index is 2630. The molecule has 3 saturated carbocycles. The summed E-state index contributed by atoms with van der Waals surface area (Å²) in [4.78, 5) is 14.2. The molecule has 9 rings (SSSR count). The van der Waals surface area contributed by atoms with Crippen LogP contribution in [0.3, 0.4) is 0 Å². The Kier molecular flexibility index (Phi) is 18.4. The first-order valence-corrected chi connectivity index (χ1v) is 30.9. The minimum absolute atomic E-state index is 0.0174. The molecular formula is C53H84O28S2. The Morgan fingerprint density at radius 3 is 2.01 bits per heavy atom. The number of esters is 1. The molecular weight excluding hydrogens is 1150 g/mol. The third-order valence-corrected chi connectivity index (χ3v) is 20.8. The van der Waals surface area contributed by atoms with Crippen LogP contribution in [0.2, 0.25) is 0 Å². The maximum absolute atomic E-state index is 14.2. The second kappa shape index (κ2) is 23.4. The van der Waals surface area contributed by atoms with Gasteiger partial charge in [0.2, 0.25) is 0 Å². The molecule has 4 aliphatic carbocycles. The maximum Gasteiger partial charge on any atom is 0.397 e. The lowest BCUT2D eigenvalue weighted by atomic mass is 9.40. The van der Waals surface area contributed by atoms with Crippen LogP contribution in [0.1, 0.15) is 100 Å². The number of carbonyl (C=O) groups excluding carboxylic acids is 1. The van der Waals surface area contributed by atoms with Gasteiger partial charge in [-0.1, -0.05) is 51.5 Å². The fourth-order valence-electron chi connectivity index (χ4n) is 15.9. The smallest absolute Gasteiger partial charge is 0.397 e. The van der Waals surface area contributed by atoms with Crippen molar-refractivity contribution in [3.63, 3.8) is 0 Å². The summed E-state index contributed by atoms with van der Waals surface area (Å²) in [5.74, 6) is -0.733. The third kappa shape index (κ3) is 12.2. The standard InChI is InChI=1S/C53H84O28S2/c1-23-39(79-43-36(58)32(54)27(20-71-43)75-45-38(60)40(70-9)33(55)28(76-45)22-73-82(64,65)66)35(57)37(59)44(74-23)80-41-34(56)29(81-83(67,68)69)21-72-46(41)78-31-14-17-50(6)24-13-18-53-42(52(8,63)16-10-15-48(2,3)62)26(77-47(53)61)19-51(53,7)25(24)11-12-30(50)49(31,4)5/h10-11,15,23-24,26-46,54-60,62-63H,12-14,16-22H2,1-9H3,(H,64,65,66)(H,67,68,69). The van der Waals surface area contributed by atoms with Crippen LogP contribution in [0.5, 0.6) is 0 Å². The van der Waals surface area contributed by atoms with Gasteiger partial charge in [-0.3, -0.25) is 13.9 Å². The Morgan fingerprint density at radius 1 is 0.723 bits per heavy atom. The van der Waals surface area contributed by atoms with E-state index in [9.17, 15) is 72.1 Å². The van der Waals surface area contributed by atoms with Crippen molar-refractivity contribution in [3.8, 4) is 0 Å². The van der Waals surface area contributed by atoms with Crippen molar-refractivity contribution in [2.45, 2.75) is 234 Å². The van der Waals surface area contributed by atoms with Crippen molar-refractivity contribution in [3.05, 3.63) is 23.8 Å². The largest absolute Gasteiger partial charge is 0.461 e. The predicted molar refractivity (Wildman–Crippen MR) is 278 cm³/mol. The van der Waals surface area contributed by atoms with Crippen molar-refractivity contribution in [2.75, 3.05) is 26.9 Å². The number of ether oxygens (including phenoxy) is 10. The number of methoxy groups -OCH3 is 1. The van der Waals surface area contributed by atoms with Crippen molar-refractivity contribution in [1.29, 1.82) is 0 Å². The lowest BCUT2D eigenvalue weighted by molar-refractivity contribution is -0.380. The molecule has 5 aliphatic heterocycles. The minimum atomic E-state index is -5.18. The Morgan fingerprint density at radius 2 is 1.36 bits per heavy atom. The minimum Gasteiger partial charge on any atom is -0.461 e. The van der Waals surface area contributed by atoms with E-state index in [0.717, 1.165) is 7.11 Å². The molecule has 5 saturated heterocycles. The van der Waals surface area contributed by atoms with Crippen LogP contribution in [0, 0.1) is 39.4 Å². The first-order chi connectivity index (χ1) is 38.4. The molecule has 27 unspecified atom stereocenters. The number of rotatable bonds is 18. The van der Waals surface area contributed by atoms with Gasteiger partial charge in [-0.05, 0) is 95.3 Å². The molecule has 27 atom stereocenters. The first-order valence-electron chi connectivity index (χ1n) is 28.2. The summed E-state index contributed by atoms with van der Waals surface area (Å²) in [7, 11) is -9.04. The van der Waals surface area contributed by atoms with E-state index >= 15 is 0 Å². The van der Waals surface area contributed by atoms with Crippen LogP contribution in [0.15, 0.2) is 23.8 Å². The zero-order chi connectivity index (χ0) is 61.1. The molecule has 5 heterocycles. The van der Waals surface area contributed by atoms with Crippen molar-refractivity contribution in [1.82, 2.24) is 0 Å². The highest BCUT2D eigenvalue weighted by Gasteiger charge is 2.79. The van der Waals surface area contributed by atoms with Gasteiger partial charge in [-0.2, -0.15) is 16.8 Å². The Labute approximate surface area is 482 Å². The first kappa shape index (κ1) is 65.4. The van der Waals surface area contributed by atoms with E-state index in [1.54, 1.807) is 32.9 Å². The van der Waals surface area contributed by atoms with Gasteiger partial charge < -0.3 is 93.3 Å². The van der Waals surface area contributed by atoms with Gasteiger partial charge in [0.05, 0.1) is 48.6 Å². The van der Waals surface area contributed by atoms with Gasteiger partial charge in [0.1, 0.15) is 85.5 Å². The van der Waals surface area contributed by atoms with Crippen LogP contribution in [0.25, 0.3) is 0 Å². The SMILES string of the molecule is COC1C(O)C(COS(=O)(=O)O)OC(OC2COC(OC3C(C)OC(OC4C(OC5CCC6(C)C7CCC89C(=O)OC(CC8(C)C7=CCC6C5(C)C)C9C(C)(O)CC=CC(C)(C)O)OCC(OS(=O)(=O)O)C4O)C(O)C3O)C(O)C2O)C1O. The average molecular weight is 1230 g/mol. The lowest BCUT2D eigenvalue weighted by Gasteiger charge is -2.64. The molecule has 30 heteroatoms. The summed E-state index contributed by atoms with van der Waals surface area (Å²) in [5.41, 5.74) is -3.71. The highest BCUT2D eigenvalue weighted by atomic mass is 32.3. The van der Waals surface area contributed by atoms with E-state index in [-0.39, 0.29) is 29.6 Å². The van der Waals surface area contributed by atoms with Gasteiger partial charge in [-0.15, -0.1) is 0 Å². The van der Waals surface area contributed by atoms with Crippen LogP contribution in [-0.2, 0) is 81.3 Å². The number of aliphatic hydroxyl groups excluding tert-OH is 7. The molecule has 9 aliphatic rings. The molecule has 0 aromatic rings. The number of hydrogen-bond acceptors (Lipinski definition) is 26. The molecule has 0 aromatic carbocycles. The van der Waals surface area contributed by atoms with E-state index in [0.29, 0.717) is 38.5 Å². The number of hydrogen-bond donors (Lipinski definition) is 11. The fourth-order valence-corrected chi connectivity index (χ4v) is 16.7. The summed E-state index contributed by atoms with van der Waals surface area (Å²) in [6.07, 6.45) is -22.4. The molecule has 28 nitrogen and oxygen atoms in total. The highest BCUT2D eigenvalue weighted by Crippen LogP contribution is 2.76. The van der Waals surface area contributed by atoms with Crippen LogP contribution < -0.4 is 0 Å². The average Bonchev–Trinajstić information content (AvgIpc) is 1.56. The molecule has 0 radical (unpaired) electrons. The van der Waals surface area contributed by atoms with Crippen molar-refractivity contribution in [2.24, 2.45) is 39.4 Å². The maximum atomic E-state index is 14.2. The van der Waals surface area contributed by atoms with Crippen molar-refractivity contribution < 1.29 is 132 Å². The van der Waals surface area contributed by atoms with Gasteiger partial charge in [-0.25, -0.2) is 8.37 Å². The fraction of sp³-hybridized carbons (Fsp3) is 0.906. The monoisotopic (exact) mass is 1230 g/mol. The number of allylic oxidation sites excluding steroid dienone is 2. The molecule has 2 bridgehead atoms. The summed E-state index contributed by atoms with van der Waals surface area (Å²) in [5, 5.41) is 101. The molecule has 1 spiro atoms. The van der Waals surface area contributed by atoms with Gasteiger partial charge in [0.25, 0.3) is 0 Å². The highest BCUT2D eigenvalue weighted by molar-refractivity contribution is 7.81. The van der Waals surface area contributed by atoms with Gasteiger partial charge in [0.15, 0.2) is 25.2 Å². The molecule has 11 N–H and O–H groups in total. The summed E-state index contributed by atoms with van der Waals surface area (Å²) >= 11 is 0. The second-order valence-electron chi connectivity index (χ2n) is 26.0. The third-order valence-electron chi connectivity index (χ3n) is 19.9. The molecule has 0 amide bonds. The van der Waals surface area contributed by atoms with Crippen LogP contribution in [-0.4, -0.2) is 239 Å². The van der Waals surface area contributed by atoms with E-state index < -0.39 is 197 Å². The number of carbonyl (C=O) groups is 1. The van der Waals surface area contributed by atoms with Crippen molar-refractivity contribution >= 4 is 26.8 Å². The van der Waals surface area contributed by atoms with E-state index in [4.69, 9.17) is 56.1 Å². The number of aliphatic hydroxyl groups is 9. The topological polar surface area (TPSA) is 419 Å². The summed E-state index contributed by atoms with van der Waals surface area (Å²) in [6, 6.07) is 0. The van der Waals surface area contributed by atoms with Crippen LogP contribution >= 0.6 is 0 Å². The van der Waals surface area contributed by atoms with E-state index in [1.807, 2.05) is 0 Å². The normalized spacial score (nSPS) is 48.2. The van der Waals surface area contributed by atoms with E-state index in [1.165, 1.54) is 12.5 Å². The Hall–Kier alpha value is -2.03. The van der Waals surface area contributed by atoms with Crippen LogP contribution in [0.4, 0.5) is 0 Å². The zero-order valence-electron chi connectivity index (χ0n) is 47.8. The lowest BCUT2D eigenvalue weighted by Crippen LogP contribution is -2.65. The molecule has 83 heavy (non-hydrogen) atoms. The van der Waals surface area contributed by atoms with Gasteiger partial charge >= 0.3 is 26.8 Å². The summed E-state index contributed by atoms with van der Waals surface area (Å²) in [6.45, 7) is 12.9. The predicted octanol–water partition coefficient (Wildman–Crippen LogP) is -1.15. The molecule has 476 valence electrons. The quantitative estimate of drug-likeness (QED) is 0.0438. The molecule has 0 aromatic heterocycles. The van der Waals surface area contributed by atoms with Gasteiger partial charge in [0, 0.05) is 18.4 Å². The molecule has 8 fully saturated rings.